The first-order valence-electron chi connectivity index (χ1n) is 13.8. The molecular formula is C27H45F11O3Si2. The van der Waals surface area contributed by atoms with E-state index < -0.39 is 80.4 Å². The van der Waals surface area contributed by atoms with E-state index in [0.717, 1.165) is 27.7 Å². The minimum atomic E-state index is -7.55. The molecule has 0 heterocycles. The summed E-state index contributed by atoms with van der Waals surface area (Å²) in [6.45, 7) is 17.3. The number of rotatable bonds is 15. The van der Waals surface area contributed by atoms with E-state index in [1.54, 1.807) is 0 Å². The zero-order valence-corrected chi connectivity index (χ0v) is 28.6. The molecule has 3 atom stereocenters. The third-order valence-corrected chi connectivity index (χ3v) is 18.5. The van der Waals surface area contributed by atoms with E-state index in [4.69, 9.17) is 8.85 Å². The largest absolute Gasteiger partial charge is 0.460 e. The van der Waals surface area contributed by atoms with Gasteiger partial charge in [0.1, 0.15) is 6.29 Å². The molecule has 0 bridgehead atoms. The maximum absolute atomic E-state index is 16.1. The number of hydrogen-bond acceptors (Lipinski definition) is 3. The molecule has 0 radical (unpaired) electrons. The molecule has 3 nitrogen and oxygen atoms in total. The van der Waals surface area contributed by atoms with Gasteiger partial charge in [-0.1, -0.05) is 61.5 Å². The molecule has 0 aliphatic carbocycles. The Labute approximate surface area is 249 Å². The van der Waals surface area contributed by atoms with E-state index in [1.165, 1.54) is 26.8 Å². The van der Waals surface area contributed by atoms with Crippen LogP contribution in [0, 0.1) is 5.92 Å². The van der Waals surface area contributed by atoms with Gasteiger partial charge >= 0.3 is 29.5 Å². The Bertz CT molecular complexity index is 964. The lowest BCUT2D eigenvalue weighted by atomic mass is 9.91. The fourth-order valence-electron chi connectivity index (χ4n) is 4.76. The SMILES string of the molecule is C/C=C(\C)C(O[Si](C(C)C)(C(C)C)C(F)(F)C(F)(F)C(F)(F)C(F)(F)C(F)(F)F)C(C)C(CC=O)O[Si](C)(C)C(C)(C)C. The Hall–Kier alpha value is -1.01. The van der Waals surface area contributed by atoms with Crippen molar-refractivity contribution in [2.24, 2.45) is 5.92 Å². The predicted molar refractivity (Wildman–Crippen MR) is 148 cm³/mol. The molecule has 0 aliphatic heterocycles. The van der Waals surface area contributed by atoms with Gasteiger partial charge in [-0.2, -0.15) is 39.5 Å². The van der Waals surface area contributed by atoms with Crippen LogP contribution in [0.4, 0.5) is 48.3 Å². The molecule has 0 saturated heterocycles. The number of alkyl halides is 11. The lowest BCUT2D eigenvalue weighted by Gasteiger charge is -2.51. The summed E-state index contributed by atoms with van der Waals surface area (Å²) in [4.78, 5) is 11.6. The lowest BCUT2D eigenvalue weighted by Crippen LogP contribution is -2.76. The van der Waals surface area contributed by atoms with Crippen LogP contribution < -0.4 is 0 Å². The normalized spacial score (nSPS) is 17.8. The molecule has 43 heavy (non-hydrogen) atoms. The number of halogens is 11. The summed E-state index contributed by atoms with van der Waals surface area (Å²) in [5.74, 6) is -23.3. The summed E-state index contributed by atoms with van der Waals surface area (Å²) in [6.07, 6.45) is -8.31. The van der Waals surface area contributed by atoms with Crippen molar-refractivity contribution >= 4 is 22.9 Å². The van der Waals surface area contributed by atoms with Crippen LogP contribution in [-0.4, -0.2) is 64.6 Å². The summed E-state index contributed by atoms with van der Waals surface area (Å²) in [7, 11) is -8.54. The van der Waals surface area contributed by atoms with Gasteiger partial charge in [0.2, 0.25) is 0 Å². The lowest BCUT2D eigenvalue weighted by molar-refractivity contribution is -0.415. The minimum absolute atomic E-state index is 0.145. The van der Waals surface area contributed by atoms with Gasteiger partial charge in [0.25, 0.3) is 8.32 Å². The van der Waals surface area contributed by atoms with Crippen molar-refractivity contribution < 1.29 is 61.9 Å². The van der Waals surface area contributed by atoms with Gasteiger partial charge in [0.05, 0.1) is 12.2 Å². The molecule has 0 aliphatic rings. The molecule has 0 fully saturated rings. The number of carbonyl (C=O) groups is 1. The Kier molecular flexibility index (Phi) is 13.1. The van der Waals surface area contributed by atoms with E-state index in [9.17, 15) is 35.5 Å². The Balaban J connectivity index is 7.48. The highest BCUT2D eigenvalue weighted by Gasteiger charge is 2.91. The van der Waals surface area contributed by atoms with Gasteiger partial charge < -0.3 is 13.6 Å². The Morgan fingerprint density at radius 2 is 1.16 bits per heavy atom. The predicted octanol–water partition coefficient (Wildman–Crippen LogP) is 10.4. The molecular weight excluding hydrogens is 637 g/mol. The second-order valence-corrected chi connectivity index (χ2v) is 22.7. The fraction of sp³-hybridized carbons (Fsp3) is 0.889. The van der Waals surface area contributed by atoms with Crippen LogP contribution in [0.2, 0.25) is 29.2 Å². The summed E-state index contributed by atoms with van der Waals surface area (Å²) in [5.41, 5.74) is -9.41. The van der Waals surface area contributed by atoms with Crippen molar-refractivity contribution in [1.29, 1.82) is 0 Å². The summed E-state index contributed by atoms with van der Waals surface area (Å²) >= 11 is 0. The maximum Gasteiger partial charge on any atom is 0.460 e. The number of allylic oxidation sites excluding steroid dienone is 1. The number of carbonyl (C=O) groups excluding carboxylic acids is 1. The highest BCUT2D eigenvalue weighted by molar-refractivity contribution is 6.79. The van der Waals surface area contributed by atoms with E-state index in [0.29, 0.717) is 6.29 Å². The van der Waals surface area contributed by atoms with Crippen LogP contribution in [0.1, 0.15) is 75.7 Å². The second-order valence-electron chi connectivity index (χ2n) is 13.1. The van der Waals surface area contributed by atoms with E-state index in [1.807, 2.05) is 33.9 Å². The van der Waals surface area contributed by atoms with Gasteiger partial charge in [-0.25, -0.2) is 8.78 Å². The van der Waals surface area contributed by atoms with E-state index in [2.05, 4.69) is 0 Å². The van der Waals surface area contributed by atoms with Gasteiger partial charge in [-0.05, 0) is 48.6 Å². The molecule has 0 aromatic rings. The quantitative estimate of drug-likeness (QED) is 0.0747. The monoisotopic (exact) mass is 682 g/mol. The van der Waals surface area contributed by atoms with Crippen molar-refractivity contribution in [3.05, 3.63) is 11.6 Å². The molecule has 0 amide bonds. The molecule has 3 unspecified atom stereocenters. The third-order valence-electron chi connectivity index (χ3n) is 8.62. The summed E-state index contributed by atoms with van der Waals surface area (Å²) < 4.78 is 170. The van der Waals surface area contributed by atoms with Crippen molar-refractivity contribution in [3.63, 3.8) is 0 Å². The van der Waals surface area contributed by atoms with Gasteiger partial charge in [-0.3, -0.25) is 0 Å². The van der Waals surface area contributed by atoms with Crippen molar-refractivity contribution in [2.45, 2.75) is 147 Å². The molecule has 256 valence electrons. The average Bonchev–Trinajstić information content (AvgIpc) is 2.81. The number of aldehydes is 1. The molecule has 0 saturated carbocycles. The van der Waals surface area contributed by atoms with Crippen LogP contribution in [0.25, 0.3) is 0 Å². The Morgan fingerprint density at radius 1 is 0.744 bits per heavy atom. The molecule has 0 aromatic heterocycles. The molecule has 0 spiro atoms. The highest BCUT2D eigenvalue weighted by Crippen LogP contribution is 2.62. The first-order chi connectivity index (χ1) is 18.8. The van der Waals surface area contributed by atoms with Crippen LogP contribution >= 0.6 is 0 Å². The smallest absolute Gasteiger partial charge is 0.413 e. The van der Waals surface area contributed by atoms with Crippen molar-refractivity contribution in [3.8, 4) is 0 Å². The van der Waals surface area contributed by atoms with Crippen LogP contribution in [0.15, 0.2) is 11.6 Å². The van der Waals surface area contributed by atoms with Crippen molar-refractivity contribution in [2.75, 3.05) is 0 Å². The van der Waals surface area contributed by atoms with Crippen LogP contribution in [-0.2, 0) is 13.6 Å². The summed E-state index contributed by atoms with van der Waals surface area (Å²) in [6, 6.07) is 0. The standard InChI is InChI=1S/C27H45F11O3Si2/c1-13-18(6)21(19(7)20(14-15-39)40-42(11,12)22(8,9)10)41-43(16(2)3,17(4)5)27(37,38)25(32,33)23(28,29)24(30,31)26(34,35)36/h13,15-17,19-21H,14H2,1-12H3/b18-13+. The minimum Gasteiger partial charge on any atom is -0.413 e. The highest BCUT2D eigenvalue weighted by atomic mass is 28.4. The summed E-state index contributed by atoms with van der Waals surface area (Å²) in [5, 5.41) is -0.404. The molecule has 0 N–H and O–H groups in total. The van der Waals surface area contributed by atoms with Crippen molar-refractivity contribution in [1.82, 2.24) is 0 Å². The maximum atomic E-state index is 16.1. The zero-order chi connectivity index (χ0) is 35.0. The molecule has 0 aromatic carbocycles. The molecule has 16 heteroatoms. The first-order valence-corrected chi connectivity index (χ1v) is 18.8. The first kappa shape index (κ1) is 42.0. The third kappa shape index (κ3) is 7.37. The van der Waals surface area contributed by atoms with Gasteiger partial charge in [0.15, 0.2) is 8.32 Å². The van der Waals surface area contributed by atoms with Gasteiger partial charge in [-0.15, -0.1) is 0 Å². The average molecular weight is 683 g/mol. The van der Waals surface area contributed by atoms with Gasteiger partial charge in [0, 0.05) is 12.3 Å². The Morgan fingerprint density at radius 3 is 1.47 bits per heavy atom. The van der Waals surface area contributed by atoms with E-state index >= 15 is 17.6 Å². The fourth-order valence-corrected chi connectivity index (χ4v) is 11.1. The van der Waals surface area contributed by atoms with Crippen LogP contribution in [0.3, 0.4) is 0 Å². The van der Waals surface area contributed by atoms with E-state index in [-0.39, 0.29) is 12.0 Å². The molecule has 0 rings (SSSR count). The number of hydrogen-bond donors (Lipinski definition) is 0. The van der Waals surface area contributed by atoms with Crippen LogP contribution in [0.5, 0.6) is 0 Å². The second kappa shape index (κ2) is 13.4. The topological polar surface area (TPSA) is 35.5 Å². The zero-order valence-electron chi connectivity index (χ0n) is 26.6.